The Morgan fingerprint density at radius 1 is 1.11 bits per heavy atom. The molecule has 2 saturated heterocycles. The van der Waals surface area contributed by atoms with E-state index in [4.69, 9.17) is 11.6 Å². The summed E-state index contributed by atoms with van der Waals surface area (Å²) in [5, 5.41) is 2.92. The minimum atomic E-state index is -2.62. The number of anilines is 1. The molecule has 2 aliphatic rings. The maximum absolute atomic E-state index is 12.8. The number of likely N-dealkylation sites (tertiary alicyclic amines) is 2. The van der Waals surface area contributed by atoms with Crippen LogP contribution in [0, 0.1) is 5.92 Å². The van der Waals surface area contributed by atoms with E-state index in [0.29, 0.717) is 43.4 Å². The second-order valence-electron chi connectivity index (χ2n) is 6.72. The van der Waals surface area contributed by atoms with Gasteiger partial charge >= 0.3 is 6.03 Å². The highest BCUT2D eigenvalue weighted by atomic mass is 35.5. The van der Waals surface area contributed by atoms with Crippen LogP contribution in [0.15, 0.2) is 23.1 Å². The molecule has 5 nitrogen and oxygen atoms in total. The van der Waals surface area contributed by atoms with Crippen molar-refractivity contribution in [2.45, 2.75) is 36.3 Å². The lowest BCUT2D eigenvalue weighted by Crippen LogP contribution is -2.47. The summed E-state index contributed by atoms with van der Waals surface area (Å²) in [6, 6.07) is 4.76. The SMILES string of the molecule is O=C(Nc1cccc(Cl)c1SC(F)F)C1CCN(C(=O)N2CCCC2)CC1. The second-order valence-corrected chi connectivity index (χ2v) is 8.13. The summed E-state index contributed by atoms with van der Waals surface area (Å²) in [7, 11) is 0. The van der Waals surface area contributed by atoms with Gasteiger partial charge in [0.1, 0.15) is 0 Å². The number of halogens is 3. The zero-order valence-electron chi connectivity index (χ0n) is 14.8. The summed E-state index contributed by atoms with van der Waals surface area (Å²) < 4.78 is 25.5. The predicted molar refractivity (Wildman–Crippen MR) is 102 cm³/mol. The van der Waals surface area contributed by atoms with Crippen LogP contribution in [0.25, 0.3) is 0 Å². The Morgan fingerprint density at radius 2 is 1.74 bits per heavy atom. The van der Waals surface area contributed by atoms with E-state index >= 15 is 0 Å². The molecular weight excluding hydrogens is 396 g/mol. The average molecular weight is 418 g/mol. The van der Waals surface area contributed by atoms with Crippen LogP contribution in [-0.4, -0.2) is 53.7 Å². The van der Waals surface area contributed by atoms with Crippen molar-refractivity contribution in [2.75, 3.05) is 31.5 Å². The number of carbonyl (C=O) groups is 2. The molecule has 2 fully saturated rings. The van der Waals surface area contributed by atoms with Gasteiger partial charge in [-0.2, -0.15) is 8.78 Å². The van der Waals surface area contributed by atoms with Crippen LogP contribution in [0.5, 0.6) is 0 Å². The van der Waals surface area contributed by atoms with Crippen molar-refractivity contribution >= 4 is 41.0 Å². The van der Waals surface area contributed by atoms with E-state index in [9.17, 15) is 18.4 Å². The lowest BCUT2D eigenvalue weighted by atomic mass is 9.96. The Labute approximate surface area is 166 Å². The number of amides is 3. The fourth-order valence-electron chi connectivity index (χ4n) is 3.49. The van der Waals surface area contributed by atoms with Crippen molar-refractivity contribution in [3.63, 3.8) is 0 Å². The first-order chi connectivity index (χ1) is 13.0. The number of hydrogen-bond donors (Lipinski definition) is 1. The van der Waals surface area contributed by atoms with E-state index < -0.39 is 5.76 Å². The topological polar surface area (TPSA) is 52.7 Å². The molecule has 148 valence electrons. The number of benzene rings is 1. The van der Waals surface area contributed by atoms with Gasteiger partial charge in [0.05, 0.1) is 15.6 Å². The maximum Gasteiger partial charge on any atom is 0.319 e. The first-order valence-electron chi connectivity index (χ1n) is 9.03. The quantitative estimate of drug-likeness (QED) is 0.733. The first-order valence-corrected chi connectivity index (χ1v) is 10.3. The minimum absolute atomic E-state index is 0.0526. The minimum Gasteiger partial charge on any atom is -0.325 e. The molecule has 1 aromatic rings. The maximum atomic E-state index is 12.8. The van der Waals surface area contributed by atoms with Gasteiger partial charge in [0, 0.05) is 32.1 Å². The molecule has 3 rings (SSSR count). The van der Waals surface area contributed by atoms with Crippen LogP contribution >= 0.6 is 23.4 Å². The molecule has 0 aliphatic carbocycles. The largest absolute Gasteiger partial charge is 0.325 e. The molecule has 27 heavy (non-hydrogen) atoms. The number of urea groups is 1. The third-order valence-electron chi connectivity index (χ3n) is 4.94. The van der Waals surface area contributed by atoms with Crippen molar-refractivity contribution in [1.82, 2.24) is 9.80 Å². The summed E-state index contributed by atoms with van der Waals surface area (Å²) in [4.78, 5) is 28.8. The number of nitrogens with zero attached hydrogens (tertiary/aromatic N) is 2. The van der Waals surface area contributed by atoms with E-state index in [1.807, 2.05) is 4.90 Å². The fourth-order valence-corrected chi connectivity index (χ4v) is 4.41. The van der Waals surface area contributed by atoms with Gasteiger partial charge < -0.3 is 15.1 Å². The van der Waals surface area contributed by atoms with Gasteiger partial charge in [-0.25, -0.2) is 4.79 Å². The average Bonchev–Trinajstić information content (AvgIpc) is 3.18. The standard InChI is InChI=1S/C18H22ClF2N3O2S/c19-13-4-3-5-14(15(13)27-17(20)21)22-16(25)12-6-10-24(11-7-12)18(26)23-8-1-2-9-23/h3-5,12,17H,1-2,6-11H2,(H,22,25). The highest BCUT2D eigenvalue weighted by Gasteiger charge is 2.30. The highest BCUT2D eigenvalue weighted by Crippen LogP contribution is 2.38. The Balaban J connectivity index is 1.57. The van der Waals surface area contributed by atoms with Crippen molar-refractivity contribution in [2.24, 2.45) is 5.92 Å². The third-order valence-corrected chi connectivity index (χ3v) is 6.23. The van der Waals surface area contributed by atoms with Crippen LogP contribution in [0.2, 0.25) is 5.02 Å². The molecule has 9 heteroatoms. The van der Waals surface area contributed by atoms with Crippen LogP contribution in [-0.2, 0) is 4.79 Å². The Bertz CT molecular complexity index is 693. The fraction of sp³-hybridized carbons (Fsp3) is 0.556. The molecule has 0 radical (unpaired) electrons. The lowest BCUT2D eigenvalue weighted by molar-refractivity contribution is -0.121. The van der Waals surface area contributed by atoms with Crippen molar-refractivity contribution in [1.29, 1.82) is 0 Å². The molecule has 3 amide bonds. The number of nitrogens with one attached hydrogen (secondary N) is 1. The van der Waals surface area contributed by atoms with Crippen LogP contribution in [0.4, 0.5) is 19.3 Å². The van der Waals surface area contributed by atoms with Crippen LogP contribution in [0.3, 0.4) is 0 Å². The summed E-state index contributed by atoms with van der Waals surface area (Å²) in [5.41, 5.74) is 0.299. The Morgan fingerprint density at radius 3 is 2.37 bits per heavy atom. The van der Waals surface area contributed by atoms with Crippen LogP contribution < -0.4 is 5.32 Å². The van der Waals surface area contributed by atoms with Crippen molar-refractivity contribution in [3.8, 4) is 0 Å². The number of rotatable bonds is 4. The molecule has 0 bridgehead atoms. The molecule has 1 N–H and O–H groups in total. The van der Waals surface area contributed by atoms with E-state index in [1.165, 1.54) is 6.07 Å². The molecular formula is C18H22ClF2N3O2S. The van der Waals surface area contributed by atoms with E-state index in [-0.39, 0.29) is 27.8 Å². The number of thioether (sulfide) groups is 1. The number of carbonyl (C=O) groups excluding carboxylic acids is 2. The normalized spacial score (nSPS) is 18.2. The molecule has 0 spiro atoms. The molecule has 2 heterocycles. The monoisotopic (exact) mass is 417 g/mol. The molecule has 2 aliphatic heterocycles. The van der Waals surface area contributed by atoms with E-state index in [2.05, 4.69) is 5.32 Å². The second kappa shape index (κ2) is 9.10. The number of alkyl halides is 2. The highest BCUT2D eigenvalue weighted by molar-refractivity contribution is 7.99. The van der Waals surface area contributed by atoms with E-state index in [1.54, 1.807) is 17.0 Å². The number of hydrogen-bond acceptors (Lipinski definition) is 3. The summed E-state index contributed by atoms with van der Waals surface area (Å²) in [6.45, 7) is 2.67. The van der Waals surface area contributed by atoms with E-state index in [0.717, 1.165) is 25.9 Å². The lowest BCUT2D eigenvalue weighted by Gasteiger charge is -2.34. The van der Waals surface area contributed by atoms with Gasteiger partial charge in [-0.3, -0.25) is 4.79 Å². The molecule has 0 aromatic heterocycles. The van der Waals surface area contributed by atoms with Gasteiger partial charge in [0.25, 0.3) is 5.76 Å². The van der Waals surface area contributed by atoms with Gasteiger partial charge in [-0.15, -0.1) is 0 Å². The van der Waals surface area contributed by atoms with Crippen LogP contribution in [0.1, 0.15) is 25.7 Å². The van der Waals surface area contributed by atoms with Crippen molar-refractivity contribution < 1.29 is 18.4 Å². The smallest absolute Gasteiger partial charge is 0.319 e. The molecule has 0 unspecified atom stereocenters. The predicted octanol–water partition coefficient (Wildman–Crippen LogP) is 4.52. The Hall–Kier alpha value is -1.54. The third kappa shape index (κ3) is 5.04. The zero-order chi connectivity index (χ0) is 19.4. The van der Waals surface area contributed by atoms with Gasteiger partial charge in [0.15, 0.2) is 0 Å². The first kappa shape index (κ1) is 20.2. The molecule has 1 aromatic carbocycles. The summed E-state index contributed by atoms with van der Waals surface area (Å²) in [6.07, 6.45) is 3.21. The van der Waals surface area contributed by atoms with Gasteiger partial charge in [-0.1, -0.05) is 29.4 Å². The summed E-state index contributed by atoms with van der Waals surface area (Å²) in [5.74, 6) is -3.10. The Kier molecular flexibility index (Phi) is 6.81. The number of piperidine rings is 1. The molecule has 0 saturated carbocycles. The van der Waals surface area contributed by atoms with Gasteiger partial charge in [-0.05, 0) is 37.8 Å². The van der Waals surface area contributed by atoms with Crippen molar-refractivity contribution in [3.05, 3.63) is 23.2 Å². The van der Waals surface area contributed by atoms with Gasteiger partial charge in [0.2, 0.25) is 5.91 Å². The zero-order valence-corrected chi connectivity index (χ0v) is 16.4. The summed E-state index contributed by atoms with van der Waals surface area (Å²) >= 11 is 6.32. The molecule has 0 atom stereocenters.